The van der Waals surface area contributed by atoms with Gasteiger partial charge in [0.25, 0.3) is 5.91 Å². The third-order valence-electron chi connectivity index (χ3n) is 8.23. The lowest BCUT2D eigenvalue weighted by Gasteiger charge is -2.36. The number of methoxy groups -OCH3 is 1. The Bertz CT molecular complexity index is 1990. The highest BCUT2D eigenvalue weighted by Gasteiger charge is 2.18. The first kappa shape index (κ1) is 38.5. The third kappa shape index (κ3) is 10.1. The summed E-state index contributed by atoms with van der Waals surface area (Å²) in [6, 6.07) is 21.3. The van der Waals surface area contributed by atoms with Crippen molar-refractivity contribution in [3.05, 3.63) is 125 Å². The predicted molar refractivity (Wildman–Crippen MR) is 206 cm³/mol. The van der Waals surface area contributed by atoms with Gasteiger partial charge in [0.05, 0.1) is 18.4 Å². The number of benzene rings is 3. The summed E-state index contributed by atoms with van der Waals surface area (Å²) in [4.78, 5) is 31.6. The van der Waals surface area contributed by atoms with Crippen LogP contribution >= 0.6 is 0 Å². The quantitative estimate of drug-likeness (QED) is 0.0221. The Balaban J connectivity index is 0.000000595. The number of hydrogen-bond donors (Lipinski definition) is 6. The number of hydrogen-bond acceptors (Lipinski definition) is 11. The molecular formula is C39H45N9O4. The minimum absolute atomic E-state index is 0.228. The zero-order valence-electron chi connectivity index (χ0n) is 29.6. The molecule has 52 heavy (non-hydrogen) atoms. The van der Waals surface area contributed by atoms with Gasteiger partial charge in [0.15, 0.2) is 11.3 Å². The number of aromatic nitrogens is 2. The number of allylic oxidation sites excluding steroid dienone is 2. The molecule has 1 amide bonds. The van der Waals surface area contributed by atoms with Crippen molar-refractivity contribution in [2.45, 2.75) is 20.4 Å². The summed E-state index contributed by atoms with van der Waals surface area (Å²) < 4.78 is 6.50. The minimum Gasteiger partial charge on any atom is -0.465 e. The van der Waals surface area contributed by atoms with Crippen molar-refractivity contribution in [2.24, 2.45) is 0 Å². The Morgan fingerprint density at radius 1 is 1.02 bits per heavy atom. The molecule has 0 spiro atoms. The summed E-state index contributed by atoms with van der Waals surface area (Å²) >= 11 is 0. The van der Waals surface area contributed by atoms with E-state index >= 15 is 0 Å². The number of nitrogens with one attached hydrogen (secondary N) is 4. The predicted octanol–water partition coefficient (Wildman–Crippen LogP) is 5.58. The number of amides is 1. The van der Waals surface area contributed by atoms with Gasteiger partial charge in [-0.05, 0) is 61.9 Å². The number of nitrogens with zero attached hydrogens (tertiary/aromatic N) is 4. The van der Waals surface area contributed by atoms with Crippen molar-refractivity contribution in [2.75, 3.05) is 49.2 Å². The maximum atomic E-state index is 11.7. The van der Waals surface area contributed by atoms with E-state index in [2.05, 4.69) is 33.8 Å². The van der Waals surface area contributed by atoms with Crippen LogP contribution in [-0.4, -0.2) is 71.0 Å². The highest BCUT2D eigenvalue weighted by Crippen LogP contribution is 2.25. The molecule has 1 fully saturated rings. The molecule has 3 aromatic carbocycles. The number of piperazine rings is 1. The van der Waals surface area contributed by atoms with Crippen LogP contribution in [0.5, 0.6) is 0 Å². The Hall–Kier alpha value is -6.31. The summed E-state index contributed by atoms with van der Waals surface area (Å²) in [6.07, 6.45) is 9.88. The van der Waals surface area contributed by atoms with Gasteiger partial charge in [-0.1, -0.05) is 49.1 Å². The zero-order valence-corrected chi connectivity index (χ0v) is 29.6. The van der Waals surface area contributed by atoms with Gasteiger partial charge < -0.3 is 30.7 Å². The van der Waals surface area contributed by atoms with Crippen molar-refractivity contribution < 1.29 is 19.5 Å². The molecule has 1 saturated heterocycles. The molecule has 13 heteroatoms. The first-order valence-corrected chi connectivity index (χ1v) is 16.6. The number of carbonyl (C=O) groups excluding carboxylic acids is 2. The molecule has 0 radical (unpaired) electrons. The van der Waals surface area contributed by atoms with Crippen molar-refractivity contribution in [3.63, 3.8) is 0 Å². The number of nitrogens with two attached hydrogens (primary N) is 1. The van der Waals surface area contributed by atoms with Crippen LogP contribution in [0.15, 0.2) is 103 Å². The molecule has 7 N–H and O–H groups in total. The maximum absolute atomic E-state index is 11.7. The number of hydroxylamine groups is 1. The van der Waals surface area contributed by atoms with Crippen LogP contribution in [0.4, 0.5) is 22.9 Å². The van der Waals surface area contributed by atoms with Crippen LogP contribution in [-0.2, 0) is 16.1 Å². The molecule has 1 aromatic heterocycles. The summed E-state index contributed by atoms with van der Waals surface area (Å²) in [5.74, 6) is -0.473. The van der Waals surface area contributed by atoms with Gasteiger partial charge in [-0.2, -0.15) is 0 Å². The SMILES string of the molecule is C/C=C/n1cc(-c2ccc(C=N)c(N)c2)nc(Nc2ccc(N3CCN(Cc4ccc(C(=O)OC)cc4)CC3)cc2)c1=N.C=C(/C=C\C)C(=O)NO. The van der Waals surface area contributed by atoms with E-state index < -0.39 is 5.91 Å². The maximum Gasteiger partial charge on any atom is 0.337 e. The monoisotopic (exact) mass is 703 g/mol. The van der Waals surface area contributed by atoms with Crippen LogP contribution in [0.3, 0.4) is 0 Å². The average molecular weight is 704 g/mol. The number of nitrogen functional groups attached to an aromatic ring is 1. The molecule has 0 unspecified atom stereocenters. The van der Waals surface area contributed by atoms with Crippen molar-refractivity contribution in [1.29, 1.82) is 10.8 Å². The van der Waals surface area contributed by atoms with Crippen molar-refractivity contribution >= 4 is 47.2 Å². The smallest absolute Gasteiger partial charge is 0.337 e. The lowest BCUT2D eigenvalue weighted by Crippen LogP contribution is -2.45. The molecule has 0 atom stereocenters. The van der Waals surface area contributed by atoms with Gasteiger partial charge >= 0.3 is 5.97 Å². The molecule has 13 nitrogen and oxygen atoms in total. The molecule has 0 saturated carbocycles. The van der Waals surface area contributed by atoms with Gasteiger partial charge in [0.2, 0.25) is 0 Å². The number of rotatable bonds is 11. The Morgan fingerprint density at radius 3 is 2.29 bits per heavy atom. The fourth-order valence-electron chi connectivity index (χ4n) is 5.42. The van der Waals surface area contributed by atoms with E-state index in [-0.39, 0.29) is 17.0 Å². The fraction of sp³-hybridized carbons (Fsp3) is 0.205. The summed E-state index contributed by atoms with van der Waals surface area (Å²) in [5, 5.41) is 27.6. The van der Waals surface area contributed by atoms with Crippen LogP contribution < -0.4 is 26.9 Å². The van der Waals surface area contributed by atoms with E-state index in [4.69, 9.17) is 31.5 Å². The molecular weight excluding hydrogens is 658 g/mol. The molecule has 1 aliphatic heterocycles. The van der Waals surface area contributed by atoms with Gasteiger partial charge in [-0.15, -0.1) is 0 Å². The Kier molecular flexibility index (Phi) is 13.8. The molecule has 0 aliphatic carbocycles. The fourth-order valence-corrected chi connectivity index (χ4v) is 5.42. The highest BCUT2D eigenvalue weighted by atomic mass is 16.5. The summed E-state index contributed by atoms with van der Waals surface area (Å²) in [7, 11) is 1.39. The van der Waals surface area contributed by atoms with Crippen molar-refractivity contribution in [3.8, 4) is 11.3 Å². The number of esters is 1. The van der Waals surface area contributed by atoms with Crippen LogP contribution in [0.25, 0.3) is 17.5 Å². The number of ether oxygens (including phenoxy) is 1. The second-order valence-corrected chi connectivity index (χ2v) is 11.8. The van der Waals surface area contributed by atoms with Crippen LogP contribution in [0, 0.1) is 10.8 Å². The van der Waals surface area contributed by atoms with Crippen molar-refractivity contribution in [1.82, 2.24) is 19.9 Å². The topological polar surface area (TPSA) is 186 Å². The molecule has 0 bridgehead atoms. The lowest BCUT2D eigenvalue weighted by atomic mass is 10.1. The third-order valence-corrected chi connectivity index (χ3v) is 8.23. The normalized spacial score (nSPS) is 13.0. The van der Waals surface area contributed by atoms with Crippen LogP contribution in [0.1, 0.15) is 35.3 Å². The van der Waals surface area contributed by atoms with Gasteiger partial charge in [0, 0.05) is 85.1 Å². The van der Waals surface area contributed by atoms with E-state index in [0.717, 1.165) is 49.7 Å². The Morgan fingerprint density at radius 2 is 1.71 bits per heavy atom. The molecule has 5 rings (SSSR count). The number of anilines is 4. The minimum atomic E-state index is -0.576. The van der Waals surface area contributed by atoms with Gasteiger partial charge in [0.1, 0.15) is 0 Å². The lowest BCUT2D eigenvalue weighted by molar-refractivity contribution is -0.124. The second kappa shape index (κ2) is 18.6. The molecule has 4 aromatic rings. The number of carbonyl (C=O) groups is 2. The highest BCUT2D eigenvalue weighted by molar-refractivity contribution is 5.94. The largest absolute Gasteiger partial charge is 0.465 e. The first-order chi connectivity index (χ1) is 25.1. The van der Waals surface area contributed by atoms with E-state index in [9.17, 15) is 9.59 Å². The van der Waals surface area contributed by atoms with E-state index in [1.165, 1.54) is 30.4 Å². The second-order valence-electron chi connectivity index (χ2n) is 11.8. The van der Waals surface area contributed by atoms with E-state index in [1.54, 1.807) is 35.9 Å². The Labute approximate surface area is 303 Å². The standard InChI is InChI=1S/C33H36N8O2.C6H9NO2/c1-3-14-41-22-30(25-8-9-26(20-34)29(35)19-25)38-32(31(41)36)37-27-10-12-28(13-11-27)40-17-15-39(16-18-40)21-23-4-6-24(7-5-23)33(42)43-2;1-3-4-5(2)6(8)7-9/h3-14,19-20,22,34,36H,15-18,21,35H2,1-2H3,(H,37,38);3-4,9H,2H2,1H3,(H,7,8)/b14-3+,34-20?,36-31?;4-3-. The first-order valence-electron chi connectivity index (χ1n) is 16.6. The average Bonchev–Trinajstić information content (AvgIpc) is 3.17. The summed E-state index contributed by atoms with van der Waals surface area (Å²) in [6.45, 7) is 11.6. The zero-order chi connectivity index (χ0) is 37.6. The van der Waals surface area contributed by atoms with E-state index in [1.807, 2.05) is 61.7 Å². The molecule has 2 heterocycles. The molecule has 270 valence electrons. The summed E-state index contributed by atoms with van der Waals surface area (Å²) in [5.41, 5.74) is 14.4. The van der Waals surface area contributed by atoms with Crippen LogP contribution in [0.2, 0.25) is 0 Å². The van der Waals surface area contributed by atoms with Gasteiger partial charge in [-0.25, -0.2) is 15.3 Å². The van der Waals surface area contributed by atoms with E-state index in [0.29, 0.717) is 28.3 Å². The molecule has 1 aliphatic rings. The van der Waals surface area contributed by atoms with Gasteiger partial charge in [-0.3, -0.25) is 20.3 Å².